The standard InChI is InChI=1S/C23H46O2/c1-5-7-12-17-21(15-6-2)19-22(23(24)25)18-14-11-9-8-10-13-16-20(3)4/h20-22H,5-19H2,1-4H3,(H,24,25). The van der Waals surface area contributed by atoms with Crippen molar-refractivity contribution >= 4 is 5.97 Å². The highest BCUT2D eigenvalue weighted by Gasteiger charge is 2.21. The highest BCUT2D eigenvalue weighted by Crippen LogP contribution is 2.27. The Morgan fingerprint density at radius 2 is 1.28 bits per heavy atom. The molecule has 0 fully saturated rings. The van der Waals surface area contributed by atoms with Crippen molar-refractivity contribution in [2.45, 2.75) is 124 Å². The van der Waals surface area contributed by atoms with Crippen LogP contribution in [0.5, 0.6) is 0 Å². The van der Waals surface area contributed by atoms with Crippen LogP contribution < -0.4 is 0 Å². The lowest BCUT2D eigenvalue weighted by Crippen LogP contribution is -2.18. The van der Waals surface area contributed by atoms with Gasteiger partial charge < -0.3 is 5.11 Å². The second-order valence-electron chi connectivity index (χ2n) is 8.51. The van der Waals surface area contributed by atoms with Crippen LogP contribution >= 0.6 is 0 Å². The van der Waals surface area contributed by atoms with E-state index in [1.54, 1.807) is 0 Å². The van der Waals surface area contributed by atoms with Gasteiger partial charge in [-0.2, -0.15) is 0 Å². The van der Waals surface area contributed by atoms with E-state index in [4.69, 9.17) is 0 Å². The summed E-state index contributed by atoms with van der Waals surface area (Å²) in [6.07, 6.45) is 18.1. The Labute approximate surface area is 158 Å². The molecule has 25 heavy (non-hydrogen) atoms. The molecule has 0 aliphatic carbocycles. The van der Waals surface area contributed by atoms with Gasteiger partial charge in [0.25, 0.3) is 0 Å². The van der Waals surface area contributed by atoms with Crippen LogP contribution in [0.4, 0.5) is 0 Å². The number of hydrogen-bond acceptors (Lipinski definition) is 1. The van der Waals surface area contributed by atoms with E-state index in [1.165, 1.54) is 77.0 Å². The molecule has 0 saturated carbocycles. The molecule has 2 atom stereocenters. The fourth-order valence-electron chi connectivity index (χ4n) is 3.87. The van der Waals surface area contributed by atoms with Crippen LogP contribution in [-0.2, 0) is 4.79 Å². The Hall–Kier alpha value is -0.530. The maximum absolute atomic E-state index is 11.6. The van der Waals surface area contributed by atoms with E-state index in [-0.39, 0.29) is 5.92 Å². The molecule has 0 aromatic carbocycles. The first-order chi connectivity index (χ1) is 12.0. The summed E-state index contributed by atoms with van der Waals surface area (Å²) in [5.74, 6) is 0.769. The molecule has 0 spiro atoms. The van der Waals surface area contributed by atoms with Gasteiger partial charge in [0.05, 0.1) is 5.92 Å². The molecule has 150 valence electrons. The normalized spacial score (nSPS) is 14.0. The van der Waals surface area contributed by atoms with Gasteiger partial charge in [0.2, 0.25) is 0 Å². The van der Waals surface area contributed by atoms with Crippen molar-refractivity contribution in [1.29, 1.82) is 0 Å². The van der Waals surface area contributed by atoms with Gasteiger partial charge >= 0.3 is 5.97 Å². The first-order valence-corrected chi connectivity index (χ1v) is 11.2. The lowest BCUT2D eigenvalue weighted by Gasteiger charge is -2.21. The van der Waals surface area contributed by atoms with Crippen LogP contribution in [0.15, 0.2) is 0 Å². The van der Waals surface area contributed by atoms with Crippen molar-refractivity contribution in [3.63, 3.8) is 0 Å². The van der Waals surface area contributed by atoms with Crippen molar-refractivity contribution < 1.29 is 9.90 Å². The van der Waals surface area contributed by atoms with Gasteiger partial charge in [-0.3, -0.25) is 4.79 Å². The molecule has 0 aliphatic rings. The lowest BCUT2D eigenvalue weighted by molar-refractivity contribution is -0.142. The Morgan fingerprint density at radius 3 is 1.80 bits per heavy atom. The summed E-state index contributed by atoms with van der Waals surface area (Å²) in [7, 11) is 0. The van der Waals surface area contributed by atoms with E-state index < -0.39 is 5.97 Å². The van der Waals surface area contributed by atoms with E-state index in [0.717, 1.165) is 25.2 Å². The average molecular weight is 355 g/mol. The third kappa shape index (κ3) is 15.4. The van der Waals surface area contributed by atoms with E-state index in [1.807, 2.05) is 0 Å². The van der Waals surface area contributed by atoms with Gasteiger partial charge in [-0.15, -0.1) is 0 Å². The zero-order valence-electron chi connectivity index (χ0n) is 17.7. The molecule has 0 saturated heterocycles. The third-order valence-corrected chi connectivity index (χ3v) is 5.46. The highest BCUT2D eigenvalue weighted by atomic mass is 16.4. The lowest BCUT2D eigenvalue weighted by atomic mass is 9.85. The molecule has 1 N–H and O–H groups in total. The molecule has 0 aromatic rings. The Balaban J connectivity index is 3.96. The number of unbranched alkanes of at least 4 members (excludes halogenated alkanes) is 7. The summed E-state index contributed by atoms with van der Waals surface area (Å²) < 4.78 is 0. The number of hydrogen-bond donors (Lipinski definition) is 1. The van der Waals surface area contributed by atoms with Gasteiger partial charge in [0.1, 0.15) is 0 Å². The fourth-order valence-corrected chi connectivity index (χ4v) is 3.87. The minimum atomic E-state index is -0.562. The molecule has 0 aromatic heterocycles. The van der Waals surface area contributed by atoms with E-state index >= 15 is 0 Å². The average Bonchev–Trinajstić information content (AvgIpc) is 2.55. The molecule has 0 heterocycles. The number of rotatable bonds is 18. The summed E-state index contributed by atoms with van der Waals surface area (Å²) in [5.41, 5.74) is 0. The maximum atomic E-state index is 11.6. The topological polar surface area (TPSA) is 37.3 Å². The summed E-state index contributed by atoms with van der Waals surface area (Å²) in [6.45, 7) is 9.04. The van der Waals surface area contributed by atoms with Crippen molar-refractivity contribution in [3.8, 4) is 0 Å². The van der Waals surface area contributed by atoms with Crippen LogP contribution in [0, 0.1) is 17.8 Å². The van der Waals surface area contributed by atoms with Crippen LogP contribution in [0.3, 0.4) is 0 Å². The first-order valence-electron chi connectivity index (χ1n) is 11.2. The van der Waals surface area contributed by atoms with Crippen molar-refractivity contribution in [2.24, 2.45) is 17.8 Å². The minimum Gasteiger partial charge on any atom is -0.481 e. The van der Waals surface area contributed by atoms with Gasteiger partial charge in [-0.1, -0.05) is 111 Å². The van der Waals surface area contributed by atoms with Crippen molar-refractivity contribution in [3.05, 3.63) is 0 Å². The predicted molar refractivity (Wildman–Crippen MR) is 110 cm³/mol. The van der Waals surface area contributed by atoms with E-state index in [2.05, 4.69) is 27.7 Å². The van der Waals surface area contributed by atoms with E-state index in [9.17, 15) is 9.90 Å². The maximum Gasteiger partial charge on any atom is 0.306 e. The molecule has 0 bridgehead atoms. The van der Waals surface area contributed by atoms with Crippen LogP contribution in [0.2, 0.25) is 0 Å². The smallest absolute Gasteiger partial charge is 0.306 e. The summed E-state index contributed by atoms with van der Waals surface area (Å²) in [4.78, 5) is 11.6. The molecule has 0 amide bonds. The number of carboxylic acids is 1. The summed E-state index contributed by atoms with van der Waals surface area (Å²) in [5, 5.41) is 9.59. The van der Waals surface area contributed by atoms with Crippen LogP contribution in [0.25, 0.3) is 0 Å². The second-order valence-corrected chi connectivity index (χ2v) is 8.51. The largest absolute Gasteiger partial charge is 0.481 e. The first kappa shape index (κ1) is 24.5. The zero-order chi connectivity index (χ0) is 18.9. The van der Waals surface area contributed by atoms with Crippen LogP contribution in [-0.4, -0.2) is 11.1 Å². The quantitative estimate of drug-likeness (QED) is 0.254. The fraction of sp³-hybridized carbons (Fsp3) is 0.957. The molecule has 0 aliphatic heterocycles. The number of carbonyl (C=O) groups is 1. The van der Waals surface area contributed by atoms with Crippen LogP contribution in [0.1, 0.15) is 124 Å². The number of carboxylic acid groups (broad SMARTS) is 1. The molecule has 0 rings (SSSR count). The SMILES string of the molecule is CCCCCC(CCC)CC(CCCCCCCCC(C)C)C(=O)O. The second kappa shape index (κ2) is 16.9. The third-order valence-electron chi connectivity index (χ3n) is 5.46. The minimum absolute atomic E-state index is 0.112. The molecular weight excluding hydrogens is 308 g/mol. The highest BCUT2D eigenvalue weighted by molar-refractivity contribution is 5.69. The molecule has 2 heteroatoms. The Bertz CT molecular complexity index is 298. The Morgan fingerprint density at radius 1 is 0.720 bits per heavy atom. The van der Waals surface area contributed by atoms with Gasteiger partial charge in [0.15, 0.2) is 0 Å². The summed E-state index contributed by atoms with van der Waals surface area (Å²) >= 11 is 0. The Kier molecular flexibility index (Phi) is 16.6. The molecule has 2 nitrogen and oxygen atoms in total. The monoisotopic (exact) mass is 354 g/mol. The molecular formula is C23H46O2. The summed E-state index contributed by atoms with van der Waals surface area (Å²) in [6, 6.07) is 0. The van der Waals surface area contributed by atoms with Gasteiger partial charge in [0, 0.05) is 0 Å². The molecule has 2 unspecified atom stereocenters. The predicted octanol–water partition coefficient (Wildman–Crippen LogP) is 7.85. The van der Waals surface area contributed by atoms with Gasteiger partial charge in [-0.25, -0.2) is 0 Å². The molecule has 0 radical (unpaired) electrons. The number of aliphatic carboxylic acids is 1. The van der Waals surface area contributed by atoms with Crippen molar-refractivity contribution in [1.82, 2.24) is 0 Å². The van der Waals surface area contributed by atoms with E-state index in [0.29, 0.717) is 5.92 Å². The van der Waals surface area contributed by atoms with Gasteiger partial charge in [-0.05, 0) is 24.7 Å². The van der Waals surface area contributed by atoms with Crippen molar-refractivity contribution in [2.75, 3.05) is 0 Å². The zero-order valence-corrected chi connectivity index (χ0v) is 17.7.